The van der Waals surface area contributed by atoms with Gasteiger partial charge in [-0.25, -0.2) is 19.6 Å². The van der Waals surface area contributed by atoms with E-state index >= 15 is 0 Å². The Morgan fingerprint density at radius 3 is 1.27 bits per heavy atom. The third-order valence-electron chi connectivity index (χ3n) is 21.5. The molecule has 6 aromatic rings. The number of nitriles is 2. The van der Waals surface area contributed by atoms with Crippen LogP contribution in [0.3, 0.4) is 0 Å². The summed E-state index contributed by atoms with van der Waals surface area (Å²) in [6.45, 7) is 26.7. The Balaban J connectivity index is 0.000000230. The molecule has 2 aliphatic heterocycles. The van der Waals surface area contributed by atoms with Crippen LogP contribution in [0, 0.1) is 56.2 Å². The summed E-state index contributed by atoms with van der Waals surface area (Å²) < 4.78 is 43.2. The highest BCUT2D eigenvalue weighted by Gasteiger charge is 2.64. The summed E-state index contributed by atoms with van der Waals surface area (Å²) in [7, 11) is 5.22. The molecule has 10 rings (SSSR count). The van der Waals surface area contributed by atoms with Gasteiger partial charge >= 0.3 is 23.9 Å². The van der Waals surface area contributed by atoms with E-state index in [0.717, 1.165) is 109 Å². The molecule has 2 saturated carbocycles. The van der Waals surface area contributed by atoms with Gasteiger partial charge in [-0.15, -0.1) is 11.6 Å². The van der Waals surface area contributed by atoms with E-state index in [1.807, 2.05) is 24.3 Å². The highest BCUT2D eigenvalue weighted by Crippen LogP contribution is 2.63. The minimum Gasteiger partial charge on any atom is -0.494 e. The van der Waals surface area contributed by atoms with E-state index in [2.05, 4.69) is 97.3 Å². The lowest BCUT2D eigenvalue weighted by atomic mass is 9.44. The van der Waals surface area contributed by atoms with Gasteiger partial charge in [-0.1, -0.05) is 78.6 Å². The number of benzene rings is 4. The molecule has 25 heteroatoms. The molecule has 0 amide bonds. The fourth-order valence-corrected chi connectivity index (χ4v) is 16.5. The Hall–Kier alpha value is -9.03. The van der Waals surface area contributed by atoms with Crippen LogP contribution in [-0.4, -0.2) is 169 Å². The second kappa shape index (κ2) is 39.6. The maximum absolute atomic E-state index is 13.5. The van der Waals surface area contributed by atoms with Crippen molar-refractivity contribution < 1.29 is 66.7 Å². The molecule has 0 radical (unpaired) electrons. The summed E-state index contributed by atoms with van der Waals surface area (Å²) in [4.78, 5) is 90.0. The monoisotopic (exact) mass is 1550 g/mol. The van der Waals surface area contributed by atoms with Gasteiger partial charge in [-0.3, -0.25) is 24.1 Å². The van der Waals surface area contributed by atoms with Crippen molar-refractivity contribution in [1.29, 1.82) is 10.5 Å². The summed E-state index contributed by atoms with van der Waals surface area (Å²) in [5.41, 5.74) is 2.90. The van der Waals surface area contributed by atoms with E-state index in [9.17, 15) is 34.0 Å². The van der Waals surface area contributed by atoms with Crippen molar-refractivity contribution in [2.24, 2.45) is 33.5 Å². The van der Waals surface area contributed by atoms with Crippen molar-refractivity contribution in [2.45, 2.75) is 132 Å². The molecule has 4 aliphatic rings. The van der Waals surface area contributed by atoms with Gasteiger partial charge < -0.3 is 53.0 Å². The average Bonchev–Trinajstić information content (AvgIpc) is 0.713. The fourth-order valence-electron chi connectivity index (χ4n) is 15.9. The number of pyridine rings is 2. The largest absolute Gasteiger partial charge is 0.494 e. The number of rotatable bonds is 31. The highest BCUT2D eigenvalue weighted by atomic mass is 35.5. The molecule has 22 nitrogen and oxygen atoms in total. The van der Waals surface area contributed by atoms with Gasteiger partial charge in [0.15, 0.2) is 11.6 Å². The van der Waals surface area contributed by atoms with E-state index in [0.29, 0.717) is 109 Å². The maximum atomic E-state index is 13.5. The first-order valence-corrected chi connectivity index (χ1v) is 38.4. The predicted octanol–water partition coefficient (Wildman–Crippen LogP) is 14.9. The van der Waals surface area contributed by atoms with Crippen LogP contribution in [0.2, 0.25) is 10.0 Å². The Bertz CT molecular complexity index is 4170. The van der Waals surface area contributed by atoms with Crippen LogP contribution >= 0.6 is 34.8 Å². The van der Waals surface area contributed by atoms with Crippen LogP contribution in [0.1, 0.15) is 170 Å². The molecule has 0 bridgehead atoms. The van der Waals surface area contributed by atoms with Gasteiger partial charge in [0.05, 0.1) is 86.8 Å². The first-order valence-electron chi connectivity index (χ1n) is 37.1. The van der Waals surface area contributed by atoms with Gasteiger partial charge in [-0.2, -0.15) is 10.5 Å². The van der Waals surface area contributed by atoms with E-state index in [-0.39, 0.29) is 70.1 Å². The maximum Gasteiger partial charge on any atom is 0.338 e. The number of alkyl halides is 1. The number of nitrogens with one attached hydrogen (secondary N) is 1. The summed E-state index contributed by atoms with van der Waals surface area (Å²) >= 11 is 18.0. The van der Waals surface area contributed by atoms with Crippen LogP contribution in [0.15, 0.2) is 109 Å². The van der Waals surface area contributed by atoms with E-state index in [4.69, 9.17) is 78.2 Å². The molecule has 0 atom stereocenters. The van der Waals surface area contributed by atoms with E-state index in [1.165, 1.54) is 28.4 Å². The lowest BCUT2D eigenvalue weighted by Crippen LogP contribution is -2.66. The number of piperazine rings is 2. The SMILES string of the molecule is CC1(C)C(CC(=O)c2ccc(N3CCNCC3)nc2)C(C)(C)C1Oc1ccc(C#N)c(Cl)c1.COC(=O)Cc1cc(OCCCCCCl)ccc1C(=O)OC.COC(=O)Cc1cc(OCCCCCN2CCN(c3ccc(C(=O)CC4C(C)(C)C(Oc5ccc(C#N)c(Cl)c5)C4(C)C)cn3)CC2)ccc1C(=O)OC. The number of methoxy groups -OCH3 is 4. The third kappa shape index (κ3) is 22.2. The summed E-state index contributed by atoms with van der Waals surface area (Å²) in [5, 5.41) is 22.4. The Kier molecular flexibility index (Phi) is 31.1. The van der Waals surface area contributed by atoms with Crippen molar-refractivity contribution in [1.82, 2.24) is 20.2 Å². The number of ether oxygens (including phenoxy) is 8. The number of hydrogen-bond acceptors (Lipinski definition) is 22. The molecule has 2 saturated heterocycles. The van der Waals surface area contributed by atoms with E-state index in [1.54, 1.807) is 85.2 Å². The van der Waals surface area contributed by atoms with Gasteiger partial charge in [0.2, 0.25) is 0 Å². The zero-order valence-corrected chi connectivity index (χ0v) is 67.0. The normalized spacial score (nSPS) is 18.5. The molecule has 584 valence electrons. The molecule has 2 aliphatic carbocycles. The van der Waals surface area contributed by atoms with Gasteiger partial charge in [0, 0.05) is 128 Å². The number of nitrogens with zero attached hydrogens (tertiary/aromatic N) is 7. The van der Waals surface area contributed by atoms with Gasteiger partial charge in [0.25, 0.3) is 0 Å². The molecule has 0 unspecified atom stereocenters. The quantitative estimate of drug-likeness (QED) is 0.0139. The van der Waals surface area contributed by atoms with Crippen LogP contribution in [0.25, 0.3) is 0 Å². The van der Waals surface area contributed by atoms with Gasteiger partial charge in [0.1, 0.15) is 59.0 Å². The zero-order chi connectivity index (χ0) is 79.2. The zero-order valence-electron chi connectivity index (χ0n) is 64.7. The second-order valence-corrected chi connectivity index (χ2v) is 31.4. The summed E-state index contributed by atoms with van der Waals surface area (Å²) in [6.07, 6.45) is 9.84. The minimum absolute atomic E-state index is 0.00954. The standard InChI is InChI=1S/C42H51ClN4O7.C26H31ClN4O2.C16H21ClO5/c1-41(2)36(42(3,4)40(41)54-32-12-10-28(26-44)34(43)24-32)25-35(48)29-11-15-37(45-27-29)47-19-17-46(18-20-47)16-8-7-9-21-53-31-13-14-33(39(50)52-6)30(22-31)23-38(49)51-5;1-25(2)22(26(3,4)24(25)33-19-7-5-17(15-28)20(27)13-19)14-21(32)18-6-8-23(30-16-18)31-11-9-29-10-12-31;1-20-15(18)11-12-10-13(22-9-5-3-4-8-17)6-7-14(12)16(19)21-2/h10-15,22,24,27,36,40H,7-9,16-21,23,25H2,1-6H3;5-8,13,16,22,24,29H,9-12,14H2,1-4H3;6-7,10H,3-5,8-9,11H2,1-2H3. The molecular formula is C84H103Cl3N8O14. The van der Waals surface area contributed by atoms with E-state index < -0.39 is 23.9 Å². The van der Waals surface area contributed by atoms with Crippen LogP contribution in [-0.2, 0) is 41.4 Å². The van der Waals surface area contributed by atoms with Crippen LogP contribution in [0.5, 0.6) is 23.0 Å². The van der Waals surface area contributed by atoms with Crippen molar-refractivity contribution >= 4 is 81.9 Å². The molecular weight excluding hydrogens is 1450 g/mol. The smallest absolute Gasteiger partial charge is 0.338 e. The molecule has 4 aromatic carbocycles. The number of Topliss-reactive ketones (excluding diaryl/α,β-unsaturated/α-hetero) is 2. The Morgan fingerprint density at radius 1 is 0.495 bits per heavy atom. The minimum atomic E-state index is -0.508. The lowest BCUT2D eigenvalue weighted by Gasteiger charge is -2.63. The molecule has 0 spiro atoms. The number of unbranched alkanes of at least 4 members (excludes halogenated alkanes) is 4. The van der Waals surface area contributed by atoms with Crippen molar-refractivity contribution in [3.8, 4) is 35.1 Å². The van der Waals surface area contributed by atoms with Crippen molar-refractivity contribution in [2.75, 3.05) is 116 Å². The Morgan fingerprint density at radius 2 is 0.899 bits per heavy atom. The third-order valence-corrected chi connectivity index (χ3v) is 22.4. The lowest BCUT2D eigenvalue weighted by molar-refractivity contribution is -0.196. The summed E-state index contributed by atoms with van der Waals surface area (Å²) in [5.74, 6) is 3.51. The number of ketones is 2. The van der Waals surface area contributed by atoms with Crippen molar-refractivity contribution in [3.63, 3.8) is 0 Å². The number of carbonyl (C=O) groups is 6. The molecule has 4 heterocycles. The number of anilines is 2. The summed E-state index contributed by atoms with van der Waals surface area (Å²) in [6, 6.07) is 32.1. The number of esters is 4. The highest BCUT2D eigenvalue weighted by molar-refractivity contribution is 6.32. The predicted molar refractivity (Wildman–Crippen MR) is 420 cm³/mol. The number of carbonyl (C=O) groups excluding carboxylic acids is 6. The molecule has 1 N–H and O–H groups in total. The average molecular weight is 1560 g/mol. The first-order chi connectivity index (χ1) is 52.0. The fraction of sp³-hybridized carbons (Fsp3) is 0.500. The number of aromatic nitrogens is 2. The van der Waals surface area contributed by atoms with Crippen molar-refractivity contribution in [3.05, 3.63) is 164 Å². The molecule has 109 heavy (non-hydrogen) atoms. The number of hydrogen-bond donors (Lipinski definition) is 1. The number of halogens is 3. The molecule has 4 fully saturated rings. The van der Waals surface area contributed by atoms with Crippen LogP contribution < -0.4 is 34.1 Å². The second-order valence-electron chi connectivity index (χ2n) is 30.2. The topological polar surface area (TPSA) is 271 Å². The molecule has 2 aromatic heterocycles. The Labute approximate surface area is 656 Å². The van der Waals surface area contributed by atoms with Crippen LogP contribution in [0.4, 0.5) is 11.6 Å². The van der Waals surface area contributed by atoms with Gasteiger partial charge in [-0.05, 0) is 153 Å². The first kappa shape index (κ1) is 85.6.